The van der Waals surface area contributed by atoms with E-state index >= 15 is 0 Å². The normalized spacial score (nSPS) is 17.5. The Morgan fingerprint density at radius 2 is 1.19 bits per heavy atom. The summed E-state index contributed by atoms with van der Waals surface area (Å²) in [7, 11) is 4.23. The third-order valence-electron chi connectivity index (χ3n) is 8.44. The second kappa shape index (κ2) is 11.5. The first-order chi connectivity index (χ1) is 17.5. The van der Waals surface area contributed by atoms with Crippen molar-refractivity contribution in [2.75, 3.05) is 19.0 Å². The number of benzene rings is 3. The molecule has 190 valence electrons. The lowest BCUT2D eigenvalue weighted by atomic mass is 9.91. The third-order valence-corrected chi connectivity index (χ3v) is 12.0. The summed E-state index contributed by atoms with van der Waals surface area (Å²) in [6.07, 6.45) is 14.4. The van der Waals surface area contributed by atoms with Crippen molar-refractivity contribution in [3.05, 3.63) is 71.8 Å². The Bertz CT molecular complexity index is 1130. The lowest BCUT2D eigenvalue weighted by Crippen LogP contribution is -2.27. The van der Waals surface area contributed by atoms with Crippen LogP contribution in [-0.2, 0) is 0 Å². The van der Waals surface area contributed by atoms with Crippen molar-refractivity contribution in [1.29, 1.82) is 0 Å². The first-order valence-electron chi connectivity index (χ1n) is 14.3. The topological polar surface area (TPSA) is 3.24 Å². The van der Waals surface area contributed by atoms with E-state index in [9.17, 15) is 0 Å². The summed E-state index contributed by atoms with van der Waals surface area (Å²) in [5.74, 6) is 0. The number of hydrogen-bond donors (Lipinski definition) is 0. The average Bonchev–Trinajstić information content (AvgIpc) is 2.89. The predicted octanol–water partition coefficient (Wildman–Crippen LogP) is 9.48. The van der Waals surface area contributed by atoms with Crippen molar-refractivity contribution in [1.82, 2.24) is 0 Å². The van der Waals surface area contributed by atoms with Crippen LogP contribution in [0.2, 0.25) is 0 Å². The molecule has 0 aliphatic heterocycles. The quantitative estimate of drug-likeness (QED) is 0.307. The Balaban J connectivity index is 1.71. The average molecular weight is 498 g/mol. The van der Waals surface area contributed by atoms with Crippen LogP contribution in [0.3, 0.4) is 0 Å². The maximum Gasteiger partial charge on any atom is 0.0447 e. The van der Waals surface area contributed by atoms with Gasteiger partial charge >= 0.3 is 0 Å². The fraction of sp³-hybridized carbons (Fsp3) is 0.471. The van der Waals surface area contributed by atoms with E-state index in [1.54, 1.807) is 5.30 Å². The fourth-order valence-electron chi connectivity index (χ4n) is 6.89. The van der Waals surface area contributed by atoms with Crippen molar-refractivity contribution in [2.24, 2.45) is 0 Å². The van der Waals surface area contributed by atoms with Crippen molar-refractivity contribution in [3.63, 3.8) is 0 Å². The Hall–Kier alpha value is -2.11. The standard InChI is InChI=1S/C34H44NP/c1-25-22-26(2)24-27(23-25)30-19-13-20-32(35(3)4)34(30)31-18-11-12-21-33(31)36(28-14-7-5-8-15-28)29-16-9-6-10-17-29/h11-13,18-24,28-29H,5-10,14-17H2,1-4H3. The van der Waals surface area contributed by atoms with Crippen LogP contribution in [0.1, 0.15) is 75.3 Å². The molecule has 0 N–H and O–H groups in total. The number of nitrogens with zero attached hydrogens (tertiary/aromatic N) is 1. The van der Waals surface area contributed by atoms with Gasteiger partial charge in [0, 0.05) is 25.3 Å². The first-order valence-corrected chi connectivity index (χ1v) is 15.8. The molecule has 1 nitrogen and oxygen atoms in total. The molecule has 5 rings (SSSR count). The van der Waals surface area contributed by atoms with E-state index in [1.807, 2.05) is 0 Å². The summed E-state index contributed by atoms with van der Waals surface area (Å²) in [6.45, 7) is 4.46. The van der Waals surface area contributed by atoms with E-state index in [2.05, 4.69) is 93.5 Å². The highest BCUT2D eigenvalue weighted by molar-refractivity contribution is 7.67. The fourth-order valence-corrected chi connectivity index (χ4v) is 10.8. The van der Waals surface area contributed by atoms with Gasteiger partial charge in [-0.05, 0) is 78.9 Å². The lowest BCUT2D eigenvalue weighted by molar-refractivity contribution is 0.487. The number of anilines is 1. The Kier molecular flexibility index (Phi) is 8.17. The molecule has 2 aliphatic rings. The minimum atomic E-state index is -0.180. The highest BCUT2D eigenvalue weighted by atomic mass is 31.1. The summed E-state index contributed by atoms with van der Waals surface area (Å²) in [6, 6.07) is 23.6. The second-order valence-corrected chi connectivity index (χ2v) is 14.2. The van der Waals surface area contributed by atoms with E-state index < -0.39 is 0 Å². The van der Waals surface area contributed by atoms with E-state index in [-0.39, 0.29) is 7.92 Å². The van der Waals surface area contributed by atoms with Crippen molar-refractivity contribution in [3.8, 4) is 22.3 Å². The zero-order valence-corrected chi connectivity index (χ0v) is 23.8. The first kappa shape index (κ1) is 25.5. The molecule has 0 spiro atoms. The Morgan fingerprint density at radius 1 is 0.639 bits per heavy atom. The van der Waals surface area contributed by atoms with Gasteiger partial charge in [0.15, 0.2) is 0 Å². The van der Waals surface area contributed by atoms with Gasteiger partial charge < -0.3 is 4.90 Å². The summed E-state index contributed by atoms with van der Waals surface area (Å²) < 4.78 is 0. The minimum Gasteiger partial charge on any atom is -0.377 e. The molecular weight excluding hydrogens is 453 g/mol. The Labute approximate surface area is 221 Å². The summed E-state index contributed by atoms with van der Waals surface area (Å²) in [4.78, 5) is 2.32. The zero-order chi connectivity index (χ0) is 25.1. The van der Waals surface area contributed by atoms with Crippen LogP contribution in [0.5, 0.6) is 0 Å². The largest absolute Gasteiger partial charge is 0.377 e. The molecule has 2 saturated carbocycles. The monoisotopic (exact) mass is 497 g/mol. The highest BCUT2D eigenvalue weighted by Crippen LogP contribution is 2.57. The van der Waals surface area contributed by atoms with Crippen LogP contribution >= 0.6 is 7.92 Å². The molecule has 0 bridgehead atoms. The molecule has 0 radical (unpaired) electrons. The van der Waals surface area contributed by atoms with E-state index in [1.165, 1.54) is 103 Å². The molecular formula is C34H44NP. The lowest BCUT2D eigenvalue weighted by Gasteiger charge is -2.40. The third kappa shape index (κ3) is 5.43. The van der Waals surface area contributed by atoms with Gasteiger partial charge in [0.25, 0.3) is 0 Å². The number of aryl methyl sites for hydroxylation is 2. The van der Waals surface area contributed by atoms with E-state index in [0.717, 1.165) is 11.3 Å². The van der Waals surface area contributed by atoms with Gasteiger partial charge in [0.05, 0.1) is 0 Å². The molecule has 0 amide bonds. The zero-order valence-electron chi connectivity index (χ0n) is 22.9. The van der Waals surface area contributed by atoms with Crippen LogP contribution in [0.25, 0.3) is 22.3 Å². The van der Waals surface area contributed by atoms with Gasteiger partial charge in [-0.15, -0.1) is 0 Å². The molecule has 0 atom stereocenters. The van der Waals surface area contributed by atoms with Crippen LogP contribution in [0, 0.1) is 13.8 Å². The molecule has 0 heterocycles. The molecule has 2 aliphatic carbocycles. The van der Waals surface area contributed by atoms with Crippen molar-refractivity contribution < 1.29 is 0 Å². The molecule has 2 heteroatoms. The van der Waals surface area contributed by atoms with Gasteiger partial charge in [-0.3, -0.25) is 0 Å². The van der Waals surface area contributed by atoms with Gasteiger partial charge in [-0.2, -0.15) is 0 Å². The second-order valence-electron chi connectivity index (χ2n) is 11.5. The van der Waals surface area contributed by atoms with E-state index in [0.29, 0.717) is 0 Å². The molecule has 3 aromatic rings. The summed E-state index contributed by atoms with van der Waals surface area (Å²) >= 11 is 0. The van der Waals surface area contributed by atoms with Crippen LogP contribution in [0.15, 0.2) is 60.7 Å². The maximum atomic E-state index is 2.53. The van der Waals surface area contributed by atoms with Gasteiger partial charge in [-0.1, -0.05) is 112 Å². The number of hydrogen-bond acceptors (Lipinski definition) is 1. The smallest absolute Gasteiger partial charge is 0.0447 e. The Morgan fingerprint density at radius 3 is 1.78 bits per heavy atom. The summed E-state index contributed by atoms with van der Waals surface area (Å²) in [5, 5.41) is 1.69. The maximum absolute atomic E-state index is 2.53. The molecule has 0 aromatic heterocycles. The van der Waals surface area contributed by atoms with Crippen molar-refractivity contribution in [2.45, 2.75) is 89.4 Å². The van der Waals surface area contributed by atoms with Crippen LogP contribution < -0.4 is 10.2 Å². The van der Waals surface area contributed by atoms with Gasteiger partial charge in [-0.25, -0.2) is 0 Å². The van der Waals surface area contributed by atoms with Gasteiger partial charge in [0.1, 0.15) is 0 Å². The van der Waals surface area contributed by atoms with Crippen LogP contribution in [-0.4, -0.2) is 25.4 Å². The molecule has 2 fully saturated rings. The molecule has 3 aromatic carbocycles. The number of rotatable bonds is 6. The van der Waals surface area contributed by atoms with E-state index in [4.69, 9.17) is 0 Å². The van der Waals surface area contributed by atoms with Crippen LogP contribution in [0.4, 0.5) is 5.69 Å². The summed E-state index contributed by atoms with van der Waals surface area (Å²) in [5.41, 5.74) is 11.5. The predicted molar refractivity (Wildman–Crippen MR) is 161 cm³/mol. The minimum absolute atomic E-state index is 0.180. The molecule has 0 unspecified atom stereocenters. The molecule has 0 saturated heterocycles. The van der Waals surface area contributed by atoms with Crippen molar-refractivity contribution >= 4 is 18.9 Å². The van der Waals surface area contributed by atoms with Gasteiger partial charge in [0.2, 0.25) is 0 Å². The highest BCUT2D eigenvalue weighted by Gasteiger charge is 2.34. The molecule has 36 heavy (non-hydrogen) atoms. The SMILES string of the molecule is Cc1cc(C)cc(-c2cccc(N(C)C)c2-c2ccccc2P(C2CCCCC2)C2CCCCC2)c1.